The van der Waals surface area contributed by atoms with Crippen LogP contribution in [0.3, 0.4) is 0 Å². The molecule has 0 amide bonds. The minimum atomic E-state index is 0.617. The molecule has 2 rings (SSSR count). The van der Waals surface area contributed by atoms with E-state index < -0.39 is 0 Å². The molecule has 0 saturated heterocycles. The molecule has 0 aliphatic rings. The van der Waals surface area contributed by atoms with E-state index in [1.807, 2.05) is 26.0 Å². The van der Waals surface area contributed by atoms with Gasteiger partial charge < -0.3 is 0 Å². The van der Waals surface area contributed by atoms with Crippen LogP contribution in [-0.4, -0.2) is 9.61 Å². The fraction of sp³-hybridized carbons (Fsp3) is 0.222. The molecule has 0 radical (unpaired) electrons. The van der Waals surface area contributed by atoms with Crippen molar-refractivity contribution in [3.05, 3.63) is 29.6 Å². The SMILES string of the molecule is Cc1cc(C)n2ncc(N=N)c2c1. The first kappa shape index (κ1) is 7.91. The van der Waals surface area contributed by atoms with Crippen LogP contribution in [0, 0.1) is 19.4 Å². The van der Waals surface area contributed by atoms with Gasteiger partial charge in [0.05, 0.1) is 11.7 Å². The van der Waals surface area contributed by atoms with Gasteiger partial charge in [-0.15, -0.1) is 0 Å². The van der Waals surface area contributed by atoms with Gasteiger partial charge in [0.1, 0.15) is 5.69 Å². The summed E-state index contributed by atoms with van der Waals surface area (Å²) in [5.74, 6) is 0. The Hall–Kier alpha value is -1.71. The molecule has 2 aromatic heterocycles. The van der Waals surface area contributed by atoms with E-state index in [1.165, 1.54) is 0 Å². The summed E-state index contributed by atoms with van der Waals surface area (Å²) in [5.41, 5.74) is 10.7. The van der Waals surface area contributed by atoms with Crippen molar-refractivity contribution in [3.8, 4) is 0 Å². The Morgan fingerprint density at radius 2 is 2.15 bits per heavy atom. The molecule has 13 heavy (non-hydrogen) atoms. The maximum atomic E-state index is 6.96. The van der Waals surface area contributed by atoms with E-state index in [0.717, 1.165) is 16.8 Å². The molecular formula is C9H10N4. The standard InChI is InChI=1S/C9H10N4/c1-6-3-7(2)13-9(4-6)8(12-10)5-11-13/h3-5,10H,1-2H3. The highest BCUT2D eigenvalue weighted by molar-refractivity contribution is 5.68. The van der Waals surface area contributed by atoms with Crippen molar-refractivity contribution in [2.45, 2.75) is 13.8 Å². The lowest BCUT2D eigenvalue weighted by atomic mass is 10.2. The summed E-state index contributed by atoms with van der Waals surface area (Å²) >= 11 is 0. The Morgan fingerprint density at radius 3 is 2.85 bits per heavy atom. The normalized spacial score (nSPS) is 10.6. The molecule has 0 saturated carbocycles. The van der Waals surface area contributed by atoms with Crippen LogP contribution in [0.1, 0.15) is 11.3 Å². The first-order chi connectivity index (χ1) is 6.22. The van der Waals surface area contributed by atoms with Crippen LogP contribution in [0.2, 0.25) is 0 Å². The van der Waals surface area contributed by atoms with Crippen molar-refractivity contribution in [3.63, 3.8) is 0 Å². The molecule has 0 aromatic carbocycles. The Morgan fingerprint density at radius 1 is 1.38 bits per heavy atom. The van der Waals surface area contributed by atoms with Crippen LogP contribution in [0.4, 0.5) is 5.69 Å². The number of aromatic nitrogens is 2. The Kier molecular flexibility index (Phi) is 1.62. The summed E-state index contributed by atoms with van der Waals surface area (Å²) in [5, 5.41) is 7.54. The van der Waals surface area contributed by atoms with Crippen LogP contribution >= 0.6 is 0 Å². The van der Waals surface area contributed by atoms with Crippen molar-refractivity contribution >= 4 is 11.2 Å². The van der Waals surface area contributed by atoms with Crippen LogP contribution in [-0.2, 0) is 0 Å². The molecule has 1 N–H and O–H groups in total. The van der Waals surface area contributed by atoms with Crippen LogP contribution < -0.4 is 0 Å². The van der Waals surface area contributed by atoms with Gasteiger partial charge in [0, 0.05) is 5.69 Å². The van der Waals surface area contributed by atoms with Crippen molar-refractivity contribution in [2.75, 3.05) is 0 Å². The monoisotopic (exact) mass is 174 g/mol. The summed E-state index contributed by atoms with van der Waals surface area (Å²) in [4.78, 5) is 0. The predicted molar refractivity (Wildman–Crippen MR) is 49.5 cm³/mol. The van der Waals surface area contributed by atoms with Gasteiger partial charge >= 0.3 is 0 Å². The Bertz CT molecular complexity index is 470. The number of pyridine rings is 1. The molecule has 4 heteroatoms. The van der Waals surface area contributed by atoms with Crippen molar-refractivity contribution < 1.29 is 0 Å². The first-order valence-electron chi connectivity index (χ1n) is 4.05. The average Bonchev–Trinajstić information content (AvgIpc) is 2.47. The topological polar surface area (TPSA) is 53.5 Å². The number of nitrogens with one attached hydrogen (secondary N) is 1. The minimum absolute atomic E-state index is 0.617. The molecule has 4 nitrogen and oxygen atoms in total. The Balaban J connectivity index is 2.89. The quantitative estimate of drug-likeness (QED) is 0.664. The maximum absolute atomic E-state index is 6.96. The van der Waals surface area contributed by atoms with Gasteiger partial charge in [0.2, 0.25) is 0 Å². The first-order valence-corrected chi connectivity index (χ1v) is 4.05. The third kappa shape index (κ3) is 1.11. The van der Waals surface area contributed by atoms with E-state index in [4.69, 9.17) is 5.53 Å². The third-order valence-corrected chi connectivity index (χ3v) is 2.04. The lowest BCUT2D eigenvalue weighted by Gasteiger charge is -2.00. The molecule has 66 valence electrons. The van der Waals surface area contributed by atoms with Crippen LogP contribution in [0.5, 0.6) is 0 Å². The number of hydrogen-bond donors (Lipinski definition) is 1. The van der Waals surface area contributed by atoms with E-state index in [0.29, 0.717) is 5.69 Å². The molecule has 0 spiro atoms. The van der Waals surface area contributed by atoms with Crippen molar-refractivity contribution in [1.29, 1.82) is 5.53 Å². The van der Waals surface area contributed by atoms with Gasteiger partial charge in [-0.3, -0.25) is 0 Å². The molecular weight excluding hydrogens is 164 g/mol. The Labute approximate surface area is 75.7 Å². The van der Waals surface area contributed by atoms with Gasteiger partial charge in [-0.2, -0.15) is 10.2 Å². The van der Waals surface area contributed by atoms with Crippen molar-refractivity contribution in [2.24, 2.45) is 5.11 Å². The predicted octanol–water partition coefficient (Wildman–Crippen LogP) is 2.61. The van der Waals surface area contributed by atoms with E-state index in [2.05, 4.69) is 10.2 Å². The fourth-order valence-electron chi connectivity index (χ4n) is 1.50. The van der Waals surface area contributed by atoms with E-state index in [-0.39, 0.29) is 0 Å². The van der Waals surface area contributed by atoms with Crippen LogP contribution in [0.15, 0.2) is 23.4 Å². The number of fused-ring (bicyclic) bond motifs is 1. The zero-order chi connectivity index (χ0) is 9.42. The van der Waals surface area contributed by atoms with E-state index in [9.17, 15) is 0 Å². The lowest BCUT2D eigenvalue weighted by Crippen LogP contribution is -1.92. The smallest absolute Gasteiger partial charge is 0.131 e. The number of hydrogen-bond acceptors (Lipinski definition) is 3. The summed E-state index contributed by atoms with van der Waals surface area (Å²) < 4.78 is 1.79. The second-order valence-corrected chi connectivity index (χ2v) is 3.11. The van der Waals surface area contributed by atoms with E-state index >= 15 is 0 Å². The highest BCUT2D eigenvalue weighted by Gasteiger charge is 2.04. The van der Waals surface area contributed by atoms with E-state index in [1.54, 1.807) is 10.7 Å². The highest BCUT2D eigenvalue weighted by atomic mass is 15.2. The second-order valence-electron chi connectivity index (χ2n) is 3.11. The van der Waals surface area contributed by atoms with Gasteiger partial charge in [0.25, 0.3) is 0 Å². The van der Waals surface area contributed by atoms with Gasteiger partial charge in [-0.25, -0.2) is 10.0 Å². The van der Waals surface area contributed by atoms with Gasteiger partial charge in [-0.05, 0) is 31.5 Å². The lowest BCUT2D eigenvalue weighted by molar-refractivity contribution is 0.911. The average molecular weight is 174 g/mol. The zero-order valence-electron chi connectivity index (χ0n) is 7.57. The molecule has 0 bridgehead atoms. The summed E-state index contributed by atoms with van der Waals surface area (Å²) in [7, 11) is 0. The van der Waals surface area contributed by atoms with Crippen molar-refractivity contribution in [1.82, 2.24) is 9.61 Å². The van der Waals surface area contributed by atoms with Gasteiger partial charge in [0.15, 0.2) is 0 Å². The molecule has 0 unspecified atom stereocenters. The molecule has 2 aromatic rings. The third-order valence-electron chi connectivity index (χ3n) is 2.04. The highest BCUT2D eigenvalue weighted by Crippen LogP contribution is 2.21. The molecule has 0 atom stereocenters. The number of nitrogens with zero attached hydrogens (tertiary/aromatic N) is 3. The number of aryl methyl sites for hydroxylation is 2. The minimum Gasteiger partial charge on any atom is -0.236 e. The summed E-state index contributed by atoms with van der Waals surface area (Å²) in [6.07, 6.45) is 1.61. The zero-order valence-corrected chi connectivity index (χ0v) is 7.57. The second kappa shape index (κ2) is 2.65. The molecule has 0 aliphatic heterocycles. The maximum Gasteiger partial charge on any atom is 0.131 e. The molecule has 0 aliphatic carbocycles. The largest absolute Gasteiger partial charge is 0.236 e. The summed E-state index contributed by atoms with van der Waals surface area (Å²) in [6, 6.07) is 4.03. The number of rotatable bonds is 1. The summed E-state index contributed by atoms with van der Waals surface area (Å²) in [6.45, 7) is 4.01. The fourth-order valence-corrected chi connectivity index (χ4v) is 1.50. The molecule has 2 heterocycles. The molecule has 0 fully saturated rings. The van der Waals surface area contributed by atoms with Gasteiger partial charge in [-0.1, -0.05) is 0 Å². The van der Waals surface area contributed by atoms with Crippen LogP contribution in [0.25, 0.3) is 5.52 Å².